The van der Waals surface area contributed by atoms with Gasteiger partial charge in [0, 0.05) is 10.9 Å². The van der Waals surface area contributed by atoms with Crippen LogP contribution in [0.1, 0.15) is 26.7 Å². The van der Waals surface area contributed by atoms with Crippen LogP contribution >= 0.6 is 11.8 Å². The van der Waals surface area contributed by atoms with Crippen molar-refractivity contribution >= 4 is 17.7 Å². The van der Waals surface area contributed by atoms with Gasteiger partial charge in [0.15, 0.2) is 11.5 Å². The smallest absolute Gasteiger partial charge is 0.230 e. The summed E-state index contributed by atoms with van der Waals surface area (Å²) in [4.78, 5) is 12.9. The molecule has 0 unspecified atom stereocenters. The zero-order valence-electron chi connectivity index (χ0n) is 12.0. The van der Waals surface area contributed by atoms with E-state index >= 15 is 0 Å². The number of ether oxygens (including phenoxy) is 2. The zero-order valence-corrected chi connectivity index (χ0v) is 12.8. The minimum atomic E-state index is 0.0820. The van der Waals surface area contributed by atoms with Gasteiger partial charge in [0.1, 0.15) is 13.2 Å². The van der Waals surface area contributed by atoms with E-state index in [-0.39, 0.29) is 11.9 Å². The molecule has 20 heavy (non-hydrogen) atoms. The number of thioether (sulfide) groups is 1. The average molecular weight is 295 g/mol. The minimum Gasteiger partial charge on any atom is -0.486 e. The second-order valence-electron chi connectivity index (χ2n) is 4.68. The van der Waals surface area contributed by atoms with E-state index in [4.69, 9.17) is 9.47 Å². The molecule has 1 N–H and O–H groups in total. The summed E-state index contributed by atoms with van der Waals surface area (Å²) in [6, 6.07) is 6.07. The predicted molar refractivity (Wildman–Crippen MR) is 80.7 cm³/mol. The van der Waals surface area contributed by atoms with Gasteiger partial charge in [0.05, 0.1) is 5.75 Å². The summed E-state index contributed by atoms with van der Waals surface area (Å²) in [6.45, 7) is 5.35. The Hall–Kier alpha value is -1.36. The van der Waals surface area contributed by atoms with Gasteiger partial charge in [-0.05, 0) is 31.0 Å². The van der Waals surface area contributed by atoms with E-state index in [0.717, 1.165) is 29.2 Å². The summed E-state index contributed by atoms with van der Waals surface area (Å²) >= 11 is 1.52. The standard InChI is InChI=1S/C15H21NO3S/c1-3-11(4-2)16-15(17)10-20-12-5-6-13-14(9-12)19-8-7-18-13/h5-6,9,11H,3-4,7-8,10H2,1-2H3,(H,16,17). The molecular weight excluding hydrogens is 274 g/mol. The number of amides is 1. The van der Waals surface area contributed by atoms with E-state index in [1.54, 1.807) is 0 Å². The largest absolute Gasteiger partial charge is 0.486 e. The molecule has 1 aromatic rings. The van der Waals surface area contributed by atoms with Crippen LogP contribution in [0, 0.1) is 0 Å². The lowest BCUT2D eigenvalue weighted by atomic mass is 10.2. The molecule has 0 saturated heterocycles. The highest BCUT2D eigenvalue weighted by Crippen LogP contribution is 2.34. The Morgan fingerprint density at radius 2 is 1.95 bits per heavy atom. The van der Waals surface area contributed by atoms with E-state index in [0.29, 0.717) is 19.0 Å². The van der Waals surface area contributed by atoms with E-state index in [2.05, 4.69) is 19.2 Å². The molecule has 1 aromatic carbocycles. The topological polar surface area (TPSA) is 47.6 Å². The van der Waals surface area contributed by atoms with Crippen LogP contribution in [0.15, 0.2) is 23.1 Å². The first-order valence-electron chi connectivity index (χ1n) is 7.04. The fourth-order valence-electron chi connectivity index (χ4n) is 2.02. The van der Waals surface area contributed by atoms with E-state index in [1.165, 1.54) is 11.8 Å². The average Bonchev–Trinajstić information content (AvgIpc) is 2.50. The lowest BCUT2D eigenvalue weighted by Gasteiger charge is -2.19. The summed E-state index contributed by atoms with van der Waals surface area (Å²) in [6.07, 6.45) is 1.94. The Morgan fingerprint density at radius 1 is 1.25 bits per heavy atom. The Labute approximate surface area is 124 Å². The first kappa shape index (κ1) is 15.0. The normalized spacial score (nSPS) is 13.3. The Morgan fingerprint density at radius 3 is 2.65 bits per heavy atom. The second kappa shape index (κ2) is 7.43. The van der Waals surface area contributed by atoms with Crippen LogP contribution in [0.4, 0.5) is 0 Å². The Kier molecular flexibility index (Phi) is 5.59. The molecule has 0 saturated carbocycles. The molecule has 0 spiro atoms. The second-order valence-corrected chi connectivity index (χ2v) is 5.72. The molecule has 0 aliphatic carbocycles. The summed E-state index contributed by atoms with van der Waals surface area (Å²) in [5, 5.41) is 3.03. The lowest BCUT2D eigenvalue weighted by Crippen LogP contribution is -2.34. The SMILES string of the molecule is CCC(CC)NC(=O)CSc1ccc2c(c1)OCCO2. The van der Waals surface area contributed by atoms with Gasteiger partial charge in [0.2, 0.25) is 5.91 Å². The highest BCUT2D eigenvalue weighted by atomic mass is 32.2. The molecule has 2 rings (SSSR count). The summed E-state index contributed by atoms with van der Waals surface area (Å²) in [5.41, 5.74) is 0. The van der Waals surface area contributed by atoms with E-state index < -0.39 is 0 Å². The summed E-state index contributed by atoms with van der Waals surface area (Å²) in [7, 11) is 0. The van der Waals surface area contributed by atoms with Crippen molar-refractivity contribution in [2.45, 2.75) is 37.6 Å². The van der Waals surface area contributed by atoms with Crippen LogP contribution in [-0.4, -0.2) is 30.9 Å². The predicted octanol–water partition coefficient (Wildman–Crippen LogP) is 2.85. The van der Waals surface area contributed by atoms with Gasteiger partial charge < -0.3 is 14.8 Å². The Balaban J connectivity index is 1.86. The molecule has 0 bridgehead atoms. The highest BCUT2D eigenvalue weighted by molar-refractivity contribution is 8.00. The molecule has 0 fully saturated rings. The maximum absolute atomic E-state index is 11.8. The number of carbonyl (C=O) groups excluding carboxylic acids is 1. The molecule has 0 atom stereocenters. The van der Waals surface area contributed by atoms with Crippen molar-refractivity contribution in [3.05, 3.63) is 18.2 Å². The molecule has 1 aliphatic rings. The van der Waals surface area contributed by atoms with Crippen molar-refractivity contribution < 1.29 is 14.3 Å². The Bertz CT molecular complexity index is 460. The molecule has 0 radical (unpaired) electrons. The fraction of sp³-hybridized carbons (Fsp3) is 0.533. The number of fused-ring (bicyclic) bond motifs is 1. The van der Waals surface area contributed by atoms with Gasteiger partial charge in [0.25, 0.3) is 0 Å². The maximum atomic E-state index is 11.8. The van der Waals surface area contributed by atoms with Gasteiger partial charge in [-0.3, -0.25) is 4.79 Å². The van der Waals surface area contributed by atoms with Crippen LogP contribution in [0.25, 0.3) is 0 Å². The molecule has 1 aliphatic heterocycles. The quantitative estimate of drug-likeness (QED) is 0.820. The van der Waals surface area contributed by atoms with E-state index in [9.17, 15) is 4.79 Å². The minimum absolute atomic E-state index is 0.0820. The van der Waals surface area contributed by atoms with Crippen molar-refractivity contribution in [1.29, 1.82) is 0 Å². The molecule has 110 valence electrons. The number of nitrogens with one attached hydrogen (secondary N) is 1. The lowest BCUT2D eigenvalue weighted by molar-refractivity contribution is -0.119. The van der Waals surface area contributed by atoms with Gasteiger partial charge >= 0.3 is 0 Å². The third kappa shape index (κ3) is 4.07. The zero-order chi connectivity index (χ0) is 14.4. The van der Waals surface area contributed by atoms with Crippen molar-refractivity contribution in [1.82, 2.24) is 5.32 Å². The highest BCUT2D eigenvalue weighted by Gasteiger charge is 2.13. The van der Waals surface area contributed by atoms with Gasteiger partial charge in [-0.25, -0.2) is 0 Å². The van der Waals surface area contributed by atoms with Gasteiger partial charge in [-0.2, -0.15) is 0 Å². The summed E-state index contributed by atoms with van der Waals surface area (Å²) < 4.78 is 11.0. The van der Waals surface area contributed by atoms with Crippen LogP contribution in [-0.2, 0) is 4.79 Å². The number of hydrogen-bond donors (Lipinski definition) is 1. The number of rotatable bonds is 6. The van der Waals surface area contributed by atoms with Crippen LogP contribution in [0.2, 0.25) is 0 Å². The number of hydrogen-bond acceptors (Lipinski definition) is 4. The molecule has 1 heterocycles. The maximum Gasteiger partial charge on any atom is 0.230 e. The number of carbonyl (C=O) groups is 1. The first-order chi connectivity index (χ1) is 9.72. The van der Waals surface area contributed by atoms with Crippen molar-refractivity contribution in [2.24, 2.45) is 0 Å². The molecule has 4 nitrogen and oxygen atoms in total. The fourth-order valence-corrected chi connectivity index (χ4v) is 2.76. The molecule has 0 aromatic heterocycles. The molecule has 5 heteroatoms. The van der Waals surface area contributed by atoms with Crippen molar-refractivity contribution in [3.8, 4) is 11.5 Å². The van der Waals surface area contributed by atoms with Crippen LogP contribution < -0.4 is 14.8 Å². The van der Waals surface area contributed by atoms with E-state index in [1.807, 2.05) is 18.2 Å². The molecular formula is C15H21NO3S. The van der Waals surface area contributed by atoms with Gasteiger partial charge in [-0.1, -0.05) is 13.8 Å². The van der Waals surface area contributed by atoms with Gasteiger partial charge in [-0.15, -0.1) is 11.8 Å². The third-order valence-electron chi connectivity index (χ3n) is 3.23. The van der Waals surface area contributed by atoms with Crippen molar-refractivity contribution in [3.63, 3.8) is 0 Å². The monoisotopic (exact) mass is 295 g/mol. The molecule has 1 amide bonds. The number of benzene rings is 1. The summed E-state index contributed by atoms with van der Waals surface area (Å²) in [5.74, 6) is 2.05. The van der Waals surface area contributed by atoms with Crippen LogP contribution in [0.3, 0.4) is 0 Å². The van der Waals surface area contributed by atoms with Crippen LogP contribution in [0.5, 0.6) is 11.5 Å². The van der Waals surface area contributed by atoms with Crippen molar-refractivity contribution in [2.75, 3.05) is 19.0 Å². The third-order valence-corrected chi connectivity index (χ3v) is 4.23. The first-order valence-corrected chi connectivity index (χ1v) is 8.03.